The van der Waals surface area contributed by atoms with Gasteiger partial charge in [0.1, 0.15) is 5.54 Å². The summed E-state index contributed by atoms with van der Waals surface area (Å²) in [6.07, 6.45) is 4.25. The van der Waals surface area contributed by atoms with Crippen molar-refractivity contribution >= 4 is 17.7 Å². The summed E-state index contributed by atoms with van der Waals surface area (Å²) in [5.41, 5.74) is 3.03. The van der Waals surface area contributed by atoms with Gasteiger partial charge >= 0.3 is 6.03 Å². The van der Waals surface area contributed by atoms with Crippen LogP contribution in [-0.4, -0.2) is 34.7 Å². The molecule has 4 rings (SSSR count). The van der Waals surface area contributed by atoms with E-state index >= 15 is 0 Å². The average Bonchev–Trinajstić information content (AvgIpc) is 2.93. The molecule has 3 amide bonds. The van der Waals surface area contributed by atoms with Gasteiger partial charge < -0.3 is 5.32 Å². The molecule has 1 saturated carbocycles. The molecule has 144 valence electrons. The Kier molecular flexibility index (Phi) is 4.75. The Bertz CT molecular complexity index is 927. The predicted octanol–water partition coefficient (Wildman–Crippen LogP) is 4.10. The van der Waals surface area contributed by atoms with Crippen LogP contribution in [0.5, 0.6) is 0 Å². The van der Waals surface area contributed by atoms with Gasteiger partial charge in [-0.3, -0.25) is 14.5 Å². The molecule has 0 unspecified atom stereocenters. The summed E-state index contributed by atoms with van der Waals surface area (Å²) in [4.78, 5) is 39.0. The fraction of sp³-hybridized carbons (Fsp3) is 0.348. The van der Waals surface area contributed by atoms with Crippen molar-refractivity contribution in [1.29, 1.82) is 0 Å². The van der Waals surface area contributed by atoms with E-state index in [4.69, 9.17) is 0 Å². The zero-order valence-corrected chi connectivity index (χ0v) is 16.0. The van der Waals surface area contributed by atoms with Crippen molar-refractivity contribution in [3.8, 4) is 11.1 Å². The molecule has 0 aromatic heterocycles. The van der Waals surface area contributed by atoms with Gasteiger partial charge in [-0.25, -0.2) is 4.79 Å². The molecule has 2 aromatic carbocycles. The van der Waals surface area contributed by atoms with Gasteiger partial charge in [-0.15, -0.1) is 0 Å². The Hall–Kier alpha value is -2.95. The number of hydrogen-bond donors (Lipinski definition) is 1. The summed E-state index contributed by atoms with van der Waals surface area (Å²) >= 11 is 0. The lowest BCUT2D eigenvalue weighted by molar-refractivity contribution is -0.132. The van der Waals surface area contributed by atoms with Crippen molar-refractivity contribution in [3.05, 3.63) is 59.7 Å². The summed E-state index contributed by atoms with van der Waals surface area (Å²) in [5.74, 6) is -0.477. The molecule has 2 aromatic rings. The maximum atomic E-state index is 12.8. The van der Waals surface area contributed by atoms with E-state index in [0.717, 1.165) is 35.3 Å². The topological polar surface area (TPSA) is 66.5 Å². The summed E-state index contributed by atoms with van der Waals surface area (Å²) in [5, 5.41) is 2.85. The highest BCUT2D eigenvalue weighted by molar-refractivity contribution is 6.11. The molecule has 2 aliphatic rings. The number of nitrogens with one attached hydrogen (secondary N) is 1. The largest absolute Gasteiger partial charge is 0.325 e. The second-order valence-corrected chi connectivity index (χ2v) is 7.78. The molecule has 28 heavy (non-hydrogen) atoms. The van der Waals surface area contributed by atoms with Crippen LogP contribution in [0.25, 0.3) is 11.1 Å². The number of ketones is 1. The molecule has 0 atom stereocenters. The van der Waals surface area contributed by atoms with E-state index < -0.39 is 11.6 Å². The number of urea groups is 1. The van der Waals surface area contributed by atoms with Gasteiger partial charge in [-0.1, -0.05) is 67.8 Å². The highest BCUT2D eigenvalue weighted by Crippen LogP contribution is 2.33. The maximum absolute atomic E-state index is 12.8. The minimum atomic E-state index is -0.787. The highest BCUT2D eigenvalue weighted by Gasteiger charge is 2.51. The van der Waals surface area contributed by atoms with Crippen LogP contribution in [0.2, 0.25) is 0 Å². The van der Waals surface area contributed by atoms with Crippen molar-refractivity contribution in [2.45, 2.75) is 44.6 Å². The number of hydrogen-bond acceptors (Lipinski definition) is 3. The van der Waals surface area contributed by atoms with Crippen LogP contribution < -0.4 is 5.32 Å². The van der Waals surface area contributed by atoms with E-state index in [1.807, 2.05) is 43.3 Å². The fourth-order valence-corrected chi connectivity index (χ4v) is 4.28. The zero-order valence-electron chi connectivity index (χ0n) is 16.0. The number of imide groups is 1. The van der Waals surface area contributed by atoms with E-state index in [1.54, 1.807) is 12.1 Å². The molecule has 1 saturated heterocycles. The third-order valence-corrected chi connectivity index (χ3v) is 5.92. The van der Waals surface area contributed by atoms with Gasteiger partial charge in [0.25, 0.3) is 5.91 Å². The van der Waals surface area contributed by atoms with Gasteiger partial charge in [-0.2, -0.15) is 0 Å². The average molecular weight is 376 g/mol. The van der Waals surface area contributed by atoms with Gasteiger partial charge in [0.15, 0.2) is 5.78 Å². The highest BCUT2D eigenvalue weighted by atomic mass is 16.2. The van der Waals surface area contributed by atoms with Gasteiger partial charge in [0.2, 0.25) is 0 Å². The Morgan fingerprint density at radius 3 is 2.36 bits per heavy atom. The lowest BCUT2D eigenvalue weighted by Crippen LogP contribution is -2.48. The lowest BCUT2D eigenvalue weighted by Gasteiger charge is -2.30. The summed E-state index contributed by atoms with van der Waals surface area (Å²) in [6.45, 7) is 1.84. The van der Waals surface area contributed by atoms with E-state index in [1.165, 1.54) is 5.56 Å². The van der Waals surface area contributed by atoms with Crippen LogP contribution in [0.3, 0.4) is 0 Å². The molecule has 1 heterocycles. The van der Waals surface area contributed by atoms with E-state index in [2.05, 4.69) is 5.32 Å². The first-order chi connectivity index (χ1) is 13.5. The van der Waals surface area contributed by atoms with Gasteiger partial charge in [0.05, 0.1) is 6.54 Å². The summed E-state index contributed by atoms with van der Waals surface area (Å²) in [6, 6.07) is 15.0. The summed E-state index contributed by atoms with van der Waals surface area (Å²) in [7, 11) is 0. The van der Waals surface area contributed by atoms with Crippen molar-refractivity contribution in [3.63, 3.8) is 0 Å². The Labute approximate surface area is 164 Å². The van der Waals surface area contributed by atoms with Crippen molar-refractivity contribution < 1.29 is 14.4 Å². The SMILES string of the molecule is Cc1ccccc1-c1ccc(C(=O)CN2C(=O)NC3(CCCCC3)C2=O)cc1. The third-order valence-electron chi connectivity index (χ3n) is 5.92. The number of nitrogens with zero attached hydrogens (tertiary/aromatic N) is 1. The van der Waals surface area contributed by atoms with Crippen LogP contribution in [0.15, 0.2) is 48.5 Å². The molecule has 5 nitrogen and oxygen atoms in total. The molecule has 0 radical (unpaired) electrons. The molecular weight excluding hydrogens is 352 g/mol. The van der Waals surface area contributed by atoms with E-state index in [-0.39, 0.29) is 18.2 Å². The molecule has 0 bridgehead atoms. The van der Waals surface area contributed by atoms with Crippen molar-refractivity contribution in [2.75, 3.05) is 6.54 Å². The van der Waals surface area contributed by atoms with E-state index in [9.17, 15) is 14.4 Å². The number of Topliss-reactive ketones (excluding diaryl/α,β-unsaturated/α-hetero) is 1. The number of benzene rings is 2. The van der Waals surface area contributed by atoms with Gasteiger partial charge in [0, 0.05) is 5.56 Å². The molecule has 5 heteroatoms. The summed E-state index contributed by atoms with van der Waals surface area (Å²) < 4.78 is 0. The first kappa shape index (κ1) is 18.4. The molecule has 1 aliphatic heterocycles. The third kappa shape index (κ3) is 3.21. The second-order valence-electron chi connectivity index (χ2n) is 7.78. The van der Waals surface area contributed by atoms with Crippen LogP contribution in [-0.2, 0) is 4.79 Å². The quantitative estimate of drug-likeness (QED) is 0.645. The predicted molar refractivity (Wildman–Crippen MR) is 107 cm³/mol. The molecule has 1 N–H and O–H groups in total. The van der Waals surface area contributed by atoms with Gasteiger partial charge in [-0.05, 0) is 36.5 Å². The molecular formula is C23H24N2O3. The standard InChI is InChI=1S/C23H24N2O3/c1-16-7-3-4-8-19(16)17-9-11-18(12-10-17)20(26)15-25-21(27)23(24-22(25)28)13-5-2-6-14-23/h3-4,7-12H,2,5-6,13-15H2,1H3,(H,24,28). The minimum Gasteiger partial charge on any atom is -0.323 e. The monoisotopic (exact) mass is 376 g/mol. The maximum Gasteiger partial charge on any atom is 0.325 e. The molecule has 1 aliphatic carbocycles. The van der Waals surface area contributed by atoms with Crippen LogP contribution in [0.4, 0.5) is 4.79 Å². The zero-order chi connectivity index (χ0) is 19.7. The Morgan fingerprint density at radius 1 is 1.00 bits per heavy atom. The van der Waals surface area contributed by atoms with Crippen molar-refractivity contribution in [2.24, 2.45) is 0 Å². The normalized spacial score (nSPS) is 18.4. The fourth-order valence-electron chi connectivity index (χ4n) is 4.28. The first-order valence-corrected chi connectivity index (χ1v) is 9.84. The Morgan fingerprint density at radius 2 is 1.68 bits per heavy atom. The smallest absolute Gasteiger partial charge is 0.323 e. The molecule has 2 fully saturated rings. The molecule has 1 spiro atoms. The van der Waals surface area contributed by atoms with Crippen LogP contribution >= 0.6 is 0 Å². The number of carbonyl (C=O) groups is 3. The van der Waals surface area contributed by atoms with Crippen LogP contribution in [0, 0.1) is 6.92 Å². The number of carbonyl (C=O) groups excluding carboxylic acids is 3. The number of aryl methyl sites for hydroxylation is 1. The number of rotatable bonds is 4. The van der Waals surface area contributed by atoms with Crippen LogP contribution in [0.1, 0.15) is 48.0 Å². The minimum absolute atomic E-state index is 0.212. The first-order valence-electron chi connectivity index (χ1n) is 9.84. The second kappa shape index (κ2) is 7.23. The number of amides is 3. The lowest BCUT2D eigenvalue weighted by atomic mass is 9.82. The van der Waals surface area contributed by atoms with E-state index in [0.29, 0.717) is 18.4 Å². The Balaban J connectivity index is 1.49. The van der Waals surface area contributed by atoms with Crippen molar-refractivity contribution in [1.82, 2.24) is 10.2 Å².